The number of pyridine rings is 1. The van der Waals surface area contributed by atoms with Crippen molar-refractivity contribution in [3.05, 3.63) is 66.4 Å². The number of nitrogens with zero attached hydrogens (tertiary/aromatic N) is 1. The molecule has 0 aliphatic heterocycles. The molecule has 20 heavy (non-hydrogen) atoms. The van der Waals surface area contributed by atoms with Gasteiger partial charge in [0.15, 0.2) is 0 Å². The van der Waals surface area contributed by atoms with Crippen LogP contribution in [0.25, 0.3) is 10.9 Å². The van der Waals surface area contributed by atoms with E-state index in [4.69, 9.17) is 4.74 Å². The number of fused-ring (bicyclic) bond motifs is 1. The van der Waals surface area contributed by atoms with Crippen molar-refractivity contribution < 1.29 is 4.74 Å². The number of para-hydroxylation sites is 1. The molecule has 0 spiro atoms. The van der Waals surface area contributed by atoms with Crippen LogP contribution >= 0.6 is 0 Å². The maximum Gasteiger partial charge on any atom is 0.138 e. The fourth-order valence-electron chi connectivity index (χ4n) is 2.17. The lowest BCUT2D eigenvalue weighted by Gasteiger charge is -2.09. The highest BCUT2D eigenvalue weighted by Gasteiger charge is 2.03. The van der Waals surface area contributed by atoms with Gasteiger partial charge in [0.25, 0.3) is 0 Å². The molecule has 0 amide bonds. The third-order valence-corrected chi connectivity index (χ3v) is 3.14. The zero-order valence-electron chi connectivity index (χ0n) is 11.3. The Morgan fingerprint density at radius 2 is 1.80 bits per heavy atom. The Hall–Kier alpha value is -2.39. The second-order valence-corrected chi connectivity index (χ2v) is 4.60. The molecule has 0 fully saturated rings. The molecule has 0 unspecified atom stereocenters. The van der Waals surface area contributed by atoms with Crippen LogP contribution in [-0.2, 0) is 6.54 Å². The van der Waals surface area contributed by atoms with Gasteiger partial charge in [-0.1, -0.05) is 24.3 Å². The van der Waals surface area contributed by atoms with E-state index in [-0.39, 0.29) is 0 Å². The van der Waals surface area contributed by atoms with Crippen molar-refractivity contribution >= 4 is 10.9 Å². The largest absolute Gasteiger partial charge is 0.457 e. The standard InChI is InChI=1S/C17H16N2O/c1-18-12-13-6-8-14(9-7-13)20-17-10-11-19-16-5-3-2-4-15(16)17/h2-11,18H,12H2,1H3. The Morgan fingerprint density at radius 1 is 1.00 bits per heavy atom. The van der Waals surface area contributed by atoms with E-state index >= 15 is 0 Å². The number of nitrogens with one attached hydrogen (secondary N) is 1. The number of hydrogen-bond donors (Lipinski definition) is 1. The fraction of sp³-hybridized carbons (Fsp3) is 0.118. The summed E-state index contributed by atoms with van der Waals surface area (Å²) in [5.74, 6) is 1.66. The maximum absolute atomic E-state index is 5.96. The summed E-state index contributed by atoms with van der Waals surface area (Å²) in [6.07, 6.45) is 1.77. The minimum absolute atomic E-state index is 0.831. The minimum atomic E-state index is 0.831. The van der Waals surface area contributed by atoms with Gasteiger partial charge in [-0.2, -0.15) is 0 Å². The Balaban J connectivity index is 1.89. The lowest BCUT2D eigenvalue weighted by molar-refractivity contribution is 0.487. The molecule has 0 saturated carbocycles. The molecule has 3 heteroatoms. The van der Waals surface area contributed by atoms with Crippen molar-refractivity contribution in [2.24, 2.45) is 0 Å². The van der Waals surface area contributed by atoms with Crippen LogP contribution in [-0.4, -0.2) is 12.0 Å². The molecule has 1 heterocycles. The van der Waals surface area contributed by atoms with E-state index in [2.05, 4.69) is 22.4 Å². The number of aromatic nitrogens is 1. The van der Waals surface area contributed by atoms with Crippen LogP contribution in [0, 0.1) is 0 Å². The number of hydrogen-bond acceptors (Lipinski definition) is 3. The van der Waals surface area contributed by atoms with Gasteiger partial charge in [-0.15, -0.1) is 0 Å². The molecule has 0 radical (unpaired) electrons. The van der Waals surface area contributed by atoms with Gasteiger partial charge in [-0.3, -0.25) is 4.98 Å². The van der Waals surface area contributed by atoms with Gasteiger partial charge < -0.3 is 10.1 Å². The van der Waals surface area contributed by atoms with Gasteiger partial charge in [0.2, 0.25) is 0 Å². The van der Waals surface area contributed by atoms with Crippen LogP contribution in [0.5, 0.6) is 11.5 Å². The van der Waals surface area contributed by atoms with Crippen molar-refractivity contribution in [1.82, 2.24) is 10.3 Å². The second-order valence-electron chi connectivity index (χ2n) is 4.60. The van der Waals surface area contributed by atoms with Crippen molar-refractivity contribution in [3.63, 3.8) is 0 Å². The zero-order valence-corrected chi connectivity index (χ0v) is 11.3. The first-order valence-electron chi connectivity index (χ1n) is 6.62. The van der Waals surface area contributed by atoms with Crippen molar-refractivity contribution in [2.45, 2.75) is 6.54 Å². The van der Waals surface area contributed by atoms with Crippen molar-refractivity contribution in [2.75, 3.05) is 7.05 Å². The topological polar surface area (TPSA) is 34.1 Å². The van der Waals surface area contributed by atoms with E-state index in [1.54, 1.807) is 6.20 Å². The molecular formula is C17H16N2O. The normalized spacial score (nSPS) is 10.7. The Kier molecular flexibility index (Phi) is 3.61. The van der Waals surface area contributed by atoms with E-state index in [9.17, 15) is 0 Å². The van der Waals surface area contributed by atoms with Crippen LogP contribution in [0.3, 0.4) is 0 Å². The fourth-order valence-corrected chi connectivity index (χ4v) is 2.17. The minimum Gasteiger partial charge on any atom is -0.457 e. The molecule has 1 N–H and O–H groups in total. The van der Waals surface area contributed by atoms with E-state index in [0.717, 1.165) is 28.9 Å². The van der Waals surface area contributed by atoms with Gasteiger partial charge in [0, 0.05) is 18.1 Å². The van der Waals surface area contributed by atoms with Crippen LogP contribution in [0.4, 0.5) is 0 Å². The molecule has 0 saturated heterocycles. The highest BCUT2D eigenvalue weighted by Crippen LogP contribution is 2.28. The molecular weight excluding hydrogens is 248 g/mol. The van der Waals surface area contributed by atoms with Gasteiger partial charge in [-0.25, -0.2) is 0 Å². The van der Waals surface area contributed by atoms with E-state index in [0.29, 0.717) is 0 Å². The third kappa shape index (κ3) is 2.63. The maximum atomic E-state index is 5.96. The van der Waals surface area contributed by atoms with Gasteiger partial charge >= 0.3 is 0 Å². The predicted octanol–water partition coefficient (Wildman–Crippen LogP) is 3.75. The number of ether oxygens (including phenoxy) is 1. The Labute approximate surface area is 118 Å². The van der Waals surface area contributed by atoms with Crippen LogP contribution in [0.1, 0.15) is 5.56 Å². The molecule has 3 rings (SSSR count). The summed E-state index contributed by atoms with van der Waals surface area (Å²) in [6, 6.07) is 18.0. The highest BCUT2D eigenvalue weighted by molar-refractivity contribution is 5.84. The monoisotopic (exact) mass is 264 g/mol. The molecule has 0 aliphatic rings. The predicted molar refractivity (Wildman–Crippen MR) is 81.0 cm³/mol. The van der Waals surface area contributed by atoms with Gasteiger partial charge in [0.05, 0.1) is 5.52 Å². The lowest BCUT2D eigenvalue weighted by atomic mass is 10.2. The first-order chi connectivity index (χ1) is 9.86. The Bertz CT molecular complexity index is 702. The summed E-state index contributed by atoms with van der Waals surface area (Å²) in [5.41, 5.74) is 2.18. The summed E-state index contributed by atoms with van der Waals surface area (Å²) in [7, 11) is 1.94. The number of benzene rings is 2. The lowest BCUT2D eigenvalue weighted by Crippen LogP contribution is -2.04. The molecule has 3 nitrogen and oxygen atoms in total. The average Bonchev–Trinajstić information content (AvgIpc) is 2.50. The zero-order chi connectivity index (χ0) is 13.8. The van der Waals surface area contributed by atoms with Crippen LogP contribution in [0.15, 0.2) is 60.8 Å². The molecule has 3 aromatic rings. The van der Waals surface area contributed by atoms with E-state index in [1.165, 1.54) is 5.56 Å². The van der Waals surface area contributed by atoms with Crippen molar-refractivity contribution in [1.29, 1.82) is 0 Å². The molecule has 0 bridgehead atoms. The summed E-state index contributed by atoms with van der Waals surface area (Å²) in [5, 5.41) is 4.15. The van der Waals surface area contributed by atoms with E-state index in [1.807, 2.05) is 49.5 Å². The van der Waals surface area contributed by atoms with Crippen LogP contribution in [0.2, 0.25) is 0 Å². The first kappa shape index (κ1) is 12.6. The van der Waals surface area contributed by atoms with Gasteiger partial charge in [0.1, 0.15) is 11.5 Å². The quantitative estimate of drug-likeness (QED) is 0.779. The molecule has 2 aromatic carbocycles. The van der Waals surface area contributed by atoms with Gasteiger partial charge in [-0.05, 0) is 42.9 Å². The smallest absolute Gasteiger partial charge is 0.138 e. The highest BCUT2D eigenvalue weighted by atomic mass is 16.5. The summed E-state index contributed by atoms with van der Waals surface area (Å²) in [6.45, 7) is 0.860. The van der Waals surface area contributed by atoms with E-state index < -0.39 is 0 Å². The molecule has 0 atom stereocenters. The second kappa shape index (κ2) is 5.72. The van der Waals surface area contributed by atoms with Crippen molar-refractivity contribution in [3.8, 4) is 11.5 Å². The molecule has 0 aliphatic carbocycles. The van der Waals surface area contributed by atoms with Crippen LogP contribution < -0.4 is 10.1 Å². The third-order valence-electron chi connectivity index (χ3n) is 3.14. The number of rotatable bonds is 4. The summed E-state index contributed by atoms with van der Waals surface area (Å²) >= 11 is 0. The first-order valence-corrected chi connectivity index (χ1v) is 6.62. The summed E-state index contributed by atoms with van der Waals surface area (Å²) in [4.78, 5) is 4.33. The Morgan fingerprint density at radius 3 is 2.60 bits per heavy atom. The average molecular weight is 264 g/mol. The SMILES string of the molecule is CNCc1ccc(Oc2ccnc3ccccc23)cc1. The molecule has 1 aromatic heterocycles. The summed E-state index contributed by atoms with van der Waals surface area (Å²) < 4.78 is 5.96. The molecule has 100 valence electrons.